The molecule has 0 spiro atoms. The molecule has 0 saturated heterocycles. The molecule has 5 heteroatoms. The Morgan fingerprint density at radius 1 is 0.909 bits per heavy atom. The molecule has 22 heavy (non-hydrogen) atoms. The summed E-state index contributed by atoms with van der Waals surface area (Å²) in [5.74, 6) is 0. The van der Waals surface area contributed by atoms with Gasteiger partial charge in [-0.1, -0.05) is 41.6 Å². The van der Waals surface area contributed by atoms with Crippen LogP contribution in [-0.4, -0.2) is 20.0 Å². The summed E-state index contributed by atoms with van der Waals surface area (Å²) >= 11 is 1.70. The molecule has 0 saturated carbocycles. The van der Waals surface area contributed by atoms with Gasteiger partial charge in [-0.2, -0.15) is 0 Å². The van der Waals surface area contributed by atoms with Gasteiger partial charge in [0.15, 0.2) is 0 Å². The average Bonchev–Trinajstić information content (AvgIpc) is 3.28. The van der Waals surface area contributed by atoms with E-state index >= 15 is 0 Å². The van der Waals surface area contributed by atoms with Gasteiger partial charge in [0.25, 0.3) is 0 Å². The van der Waals surface area contributed by atoms with Crippen molar-refractivity contribution in [3.8, 4) is 27.4 Å². The zero-order valence-electron chi connectivity index (χ0n) is 11.6. The van der Waals surface area contributed by atoms with E-state index in [2.05, 4.69) is 32.8 Å². The molecule has 0 amide bonds. The van der Waals surface area contributed by atoms with Gasteiger partial charge in [-0.05, 0) is 17.5 Å². The normalized spacial score (nSPS) is 10.7. The van der Waals surface area contributed by atoms with Crippen LogP contribution in [0.3, 0.4) is 0 Å². The number of rotatable bonds is 3. The molecule has 4 aromatic rings. The quantitative estimate of drug-likeness (QED) is 0.573. The van der Waals surface area contributed by atoms with Gasteiger partial charge in [0.1, 0.15) is 5.69 Å². The van der Waals surface area contributed by atoms with Crippen LogP contribution in [0.15, 0.2) is 72.5 Å². The fraction of sp³-hybridized carbons (Fsp3) is 0. The molecule has 0 aliphatic rings. The highest BCUT2D eigenvalue weighted by Crippen LogP contribution is 2.25. The third kappa shape index (κ3) is 2.42. The molecule has 106 valence electrons. The Labute approximate surface area is 131 Å². The summed E-state index contributed by atoms with van der Waals surface area (Å²) in [4.78, 5) is 5.51. The second kappa shape index (κ2) is 5.54. The maximum absolute atomic E-state index is 4.32. The summed E-state index contributed by atoms with van der Waals surface area (Å²) < 4.78 is 1.76. The first-order chi connectivity index (χ1) is 10.9. The highest BCUT2D eigenvalue weighted by Gasteiger charge is 2.07. The molecule has 1 aromatic carbocycles. The summed E-state index contributed by atoms with van der Waals surface area (Å²) in [6, 6.07) is 16.2. The van der Waals surface area contributed by atoms with E-state index < -0.39 is 0 Å². The van der Waals surface area contributed by atoms with Crippen LogP contribution >= 0.6 is 11.3 Å². The lowest BCUT2D eigenvalue weighted by Gasteiger charge is -2.02. The molecule has 0 radical (unpaired) electrons. The highest BCUT2D eigenvalue weighted by atomic mass is 32.1. The highest BCUT2D eigenvalue weighted by molar-refractivity contribution is 7.13. The fourth-order valence-electron chi connectivity index (χ4n) is 2.26. The SMILES string of the molecule is c1ccc(-c2cn(-c3cncc(-c4cccs4)c3)nn2)cc1. The van der Waals surface area contributed by atoms with Crippen molar-refractivity contribution in [2.75, 3.05) is 0 Å². The summed E-state index contributed by atoms with van der Waals surface area (Å²) in [7, 11) is 0. The Balaban J connectivity index is 1.71. The first-order valence-corrected chi connectivity index (χ1v) is 7.75. The Kier molecular flexibility index (Phi) is 3.25. The average molecular weight is 304 g/mol. The molecule has 0 aliphatic carbocycles. The van der Waals surface area contributed by atoms with Gasteiger partial charge in [-0.25, -0.2) is 4.68 Å². The number of aromatic nitrogens is 4. The third-order valence-electron chi connectivity index (χ3n) is 3.36. The van der Waals surface area contributed by atoms with Crippen LogP contribution in [0.5, 0.6) is 0 Å². The molecular weight excluding hydrogens is 292 g/mol. The zero-order valence-corrected chi connectivity index (χ0v) is 12.4. The van der Waals surface area contributed by atoms with Crippen LogP contribution in [-0.2, 0) is 0 Å². The smallest absolute Gasteiger partial charge is 0.113 e. The summed E-state index contributed by atoms with van der Waals surface area (Å²) in [5.41, 5.74) is 3.89. The number of nitrogens with zero attached hydrogens (tertiary/aromatic N) is 4. The van der Waals surface area contributed by atoms with Crippen molar-refractivity contribution in [2.24, 2.45) is 0 Å². The van der Waals surface area contributed by atoms with Crippen LogP contribution < -0.4 is 0 Å². The van der Waals surface area contributed by atoms with Crippen molar-refractivity contribution in [3.05, 3.63) is 72.5 Å². The minimum Gasteiger partial charge on any atom is -0.262 e. The second-order valence-electron chi connectivity index (χ2n) is 4.82. The first kappa shape index (κ1) is 12.9. The lowest BCUT2D eigenvalue weighted by atomic mass is 10.2. The minimum absolute atomic E-state index is 0.849. The van der Waals surface area contributed by atoms with Crippen molar-refractivity contribution in [1.82, 2.24) is 20.0 Å². The predicted molar refractivity (Wildman–Crippen MR) is 87.9 cm³/mol. The van der Waals surface area contributed by atoms with Gasteiger partial charge in [0.05, 0.1) is 18.1 Å². The molecular formula is C17H12N4S. The van der Waals surface area contributed by atoms with Gasteiger partial charge in [-0.3, -0.25) is 4.98 Å². The van der Waals surface area contributed by atoms with E-state index in [0.717, 1.165) is 22.5 Å². The van der Waals surface area contributed by atoms with Gasteiger partial charge < -0.3 is 0 Å². The van der Waals surface area contributed by atoms with Gasteiger partial charge in [0, 0.05) is 22.2 Å². The molecule has 3 aromatic heterocycles. The Morgan fingerprint density at radius 3 is 2.64 bits per heavy atom. The molecule has 0 atom stereocenters. The number of benzene rings is 1. The molecule has 4 nitrogen and oxygen atoms in total. The van der Waals surface area contributed by atoms with Gasteiger partial charge in [0.2, 0.25) is 0 Å². The van der Waals surface area contributed by atoms with Crippen molar-refractivity contribution in [1.29, 1.82) is 0 Å². The van der Waals surface area contributed by atoms with E-state index in [1.54, 1.807) is 22.2 Å². The Morgan fingerprint density at radius 2 is 1.82 bits per heavy atom. The second-order valence-corrected chi connectivity index (χ2v) is 5.77. The topological polar surface area (TPSA) is 43.6 Å². The van der Waals surface area contributed by atoms with Crippen LogP contribution in [0.25, 0.3) is 27.4 Å². The molecule has 0 N–H and O–H groups in total. The Hall–Kier alpha value is -2.79. The third-order valence-corrected chi connectivity index (χ3v) is 4.28. The van der Waals surface area contributed by atoms with E-state index in [0.29, 0.717) is 0 Å². The monoisotopic (exact) mass is 304 g/mol. The van der Waals surface area contributed by atoms with E-state index in [4.69, 9.17) is 0 Å². The van der Waals surface area contributed by atoms with Crippen LogP contribution in [0.4, 0.5) is 0 Å². The minimum atomic E-state index is 0.849. The van der Waals surface area contributed by atoms with Gasteiger partial charge in [-0.15, -0.1) is 16.4 Å². The number of thiophene rings is 1. The van der Waals surface area contributed by atoms with Crippen molar-refractivity contribution >= 4 is 11.3 Å². The summed E-state index contributed by atoms with van der Waals surface area (Å²) in [6.07, 6.45) is 5.58. The standard InChI is InChI=1S/C17H12N4S/c1-2-5-13(6-3-1)16-12-21(20-19-16)15-9-14(10-18-11-15)17-7-4-8-22-17/h1-12H. The number of hydrogen-bond donors (Lipinski definition) is 0. The maximum Gasteiger partial charge on any atom is 0.113 e. The first-order valence-electron chi connectivity index (χ1n) is 6.87. The van der Waals surface area contributed by atoms with E-state index in [-0.39, 0.29) is 0 Å². The zero-order chi connectivity index (χ0) is 14.8. The lowest BCUT2D eigenvalue weighted by molar-refractivity contribution is 0.800. The predicted octanol–water partition coefficient (Wildman–Crippen LogP) is 4.06. The molecule has 0 fully saturated rings. The molecule has 4 rings (SSSR count). The number of pyridine rings is 1. The van der Waals surface area contributed by atoms with Crippen LogP contribution in [0.2, 0.25) is 0 Å². The van der Waals surface area contributed by atoms with E-state index in [9.17, 15) is 0 Å². The Bertz CT molecular complexity index is 882. The van der Waals surface area contributed by atoms with Crippen LogP contribution in [0, 0.1) is 0 Å². The maximum atomic E-state index is 4.32. The largest absolute Gasteiger partial charge is 0.262 e. The molecule has 0 bridgehead atoms. The summed E-state index contributed by atoms with van der Waals surface area (Å²) in [6.45, 7) is 0. The fourth-order valence-corrected chi connectivity index (χ4v) is 2.97. The molecule has 0 aliphatic heterocycles. The number of hydrogen-bond acceptors (Lipinski definition) is 4. The summed E-state index contributed by atoms with van der Waals surface area (Å²) in [5, 5.41) is 10.5. The molecule has 0 unspecified atom stereocenters. The van der Waals surface area contributed by atoms with E-state index in [1.165, 1.54) is 4.88 Å². The van der Waals surface area contributed by atoms with Gasteiger partial charge >= 0.3 is 0 Å². The molecule has 3 heterocycles. The van der Waals surface area contributed by atoms with Crippen molar-refractivity contribution in [2.45, 2.75) is 0 Å². The van der Waals surface area contributed by atoms with E-state index in [1.807, 2.05) is 48.8 Å². The van der Waals surface area contributed by atoms with Crippen molar-refractivity contribution < 1.29 is 0 Å². The van der Waals surface area contributed by atoms with Crippen molar-refractivity contribution in [3.63, 3.8) is 0 Å². The lowest BCUT2D eigenvalue weighted by Crippen LogP contribution is -1.95. The van der Waals surface area contributed by atoms with Crippen LogP contribution in [0.1, 0.15) is 0 Å².